The van der Waals surface area contributed by atoms with E-state index in [0.717, 1.165) is 18.6 Å². The number of methoxy groups -OCH3 is 1. The van der Waals surface area contributed by atoms with Gasteiger partial charge in [-0.2, -0.15) is 0 Å². The summed E-state index contributed by atoms with van der Waals surface area (Å²) in [7, 11) is 1.32. The minimum atomic E-state index is -0.436. The van der Waals surface area contributed by atoms with Gasteiger partial charge in [-0.25, -0.2) is 4.79 Å². The van der Waals surface area contributed by atoms with Gasteiger partial charge in [0.05, 0.1) is 18.9 Å². The van der Waals surface area contributed by atoms with Crippen molar-refractivity contribution in [1.82, 2.24) is 0 Å². The summed E-state index contributed by atoms with van der Waals surface area (Å²) >= 11 is 0. The molecule has 0 aromatic heterocycles. The molecular weight excluding hydrogens is 182 g/mol. The fourth-order valence-electron chi connectivity index (χ4n) is 1.31. The SMILES string of the molecule is COC(=O)/C=C/ON=C1CCCCC1. The van der Waals surface area contributed by atoms with Crippen LogP contribution in [0.5, 0.6) is 0 Å². The topological polar surface area (TPSA) is 47.9 Å². The van der Waals surface area contributed by atoms with Crippen LogP contribution in [0, 0.1) is 0 Å². The molecule has 1 aliphatic carbocycles. The third-order valence-electron chi connectivity index (χ3n) is 2.08. The van der Waals surface area contributed by atoms with E-state index in [4.69, 9.17) is 4.84 Å². The van der Waals surface area contributed by atoms with Crippen molar-refractivity contribution >= 4 is 11.7 Å². The Balaban J connectivity index is 2.24. The van der Waals surface area contributed by atoms with Crippen LogP contribution in [0.4, 0.5) is 0 Å². The average molecular weight is 197 g/mol. The quantitative estimate of drug-likeness (QED) is 0.301. The lowest BCUT2D eigenvalue weighted by Crippen LogP contribution is -2.04. The largest absolute Gasteiger partial charge is 0.466 e. The molecule has 0 radical (unpaired) electrons. The average Bonchev–Trinajstić information content (AvgIpc) is 2.25. The molecule has 0 amide bonds. The molecule has 4 nitrogen and oxygen atoms in total. The van der Waals surface area contributed by atoms with Crippen molar-refractivity contribution in [2.75, 3.05) is 7.11 Å². The molecular formula is C10H15NO3. The molecule has 0 aliphatic heterocycles. The van der Waals surface area contributed by atoms with Crippen molar-refractivity contribution in [2.24, 2.45) is 5.16 Å². The molecule has 1 aliphatic rings. The van der Waals surface area contributed by atoms with Crippen molar-refractivity contribution in [2.45, 2.75) is 32.1 Å². The Morgan fingerprint density at radius 2 is 2.07 bits per heavy atom. The van der Waals surface area contributed by atoms with Crippen LogP contribution in [0.3, 0.4) is 0 Å². The maximum absolute atomic E-state index is 10.6. The van der Waals surface area contributed by atoms with Crippen molar-refractivity contribution in [3.63, 3.8) is 0 Å². The number of rotatable bonds is 3. The highest BCUT2D eigenvalue weighted by molar-refractivity contribution is 5.84. The van der Waals surface area contributed by atoms with Crippen LogP contribution < -0.4 is 0 Å². The number of oxime groups is 1. The van der Waals surface area contributed by atoms with Gasteiger partial charge in [-0.15, -0.1) is 0 Å². The smallest absolute Gasteiger partial charge is 0.333 e. The number of hydrogen-bond acceptors (Lipinski definition) is 4. The highest BCUT2D eigenvalue weighted by atomic mass is 16.6. The second kappa shape index (κ2) is 6.18. The van der Waals surface area contributed by atoms with Gasteiger partial charge in [-0.1, -0.05) is 11.6 Å². The van der Waals surface area contributed by atoms with E-state index >= 15 is 0 Å². The van der Waals surface area contributed by atoms with Gasteiger partial charge in [-0.3, -0.25) is 0 Å². The Morgan fingerprint density at radius 1 is 1.36 bits per heavy atom. The van der Waals surface area contributed by atoms with Gasteiger partial charge in [0, 0.05) is 0 Å². The number of carbonyl (C=O) groups excluding carboxylic acids is 1. The minimum absolute atomic E-state index is 0.436. The number of carbonyl (C=O) groups is 1. The molecule has 0 atom stereocenters. The highest BCUT2D eigenvalue weighted by Gasteiger charge is 2.06. The first-order valence-corrected chi connectivity index (χ1v) is 4.79. The molecule has 0 N–H and O–H groups in total. The van der Waals surface area contributed by atoms with Crippen LogP contribution in [0.2, 0.25) is 0 Å². The first-order chi connectivity index (χ1) is 6.83. The molecule has 78 valence electrons. The first kappa shape index (κ1) is 10.8. The lowest BCUT2D eigenvalue weighted by Gasteiger charge is -2.10. The lowest BCUT2D eigenvalue weighted by atomic mass is 9.99. The number of esters is 1. The monoisotopic (exact) mass is 197 g/mol. The molecule has 0 saturated heterocycles. The van der Waals surface area contributed by atoms with Crippen molar-refractivity contribution < 1.29 is 14.4 Å². The zero-order valence-corrected chi connectivity index (χ0v) is 8.36. The van der Waals surface area contributed by atoms with Crippen molar-refractivity contribution in [1.29, 1.82) is 0 Å². The fourth-order valence-corrected chi connectivity index (χ4v) is 1.31. The third kappa shape index (κ3) is 4.07. The second-order valence-corrected chi connectivity index (χ2v) is 3.15. The standard InChI is InChI=1S/C10H15NO3/c1-13-10(12)7-8-14-11-9-5-3-2-4-6-9/h7-8H,2-6H2,1H3/b8-7+. The van der Waals surface area contributed by atoms with E-state index in [1.807, 2.05) is 0 Å². The Kier molecular flexibility index (Phi) is 4.75. The van der Waals surface area contributed by atoms with E-state index in [9.17, 15) is 4.79 Å². The molecule has 14 heavy (non-hydrogen) atoms. The summed E-state index contributed by atoms with van der Waals surface area (Å²) in [6, 6.07) is 0. The molecule has 4 heteroatoms. The zero-order chi connectivity index (χ0) is 10.2. The molecule has 1 saturated carbocycles. The van der Waals surface area contributed by atoms with Crippen LogP contribution in [-0.2, 0) is 14.4 Å². The van der Waals surface area contributed by atoms with Crippen molar-refractivity contribution in [3.8, 4) is 0 Å². The Hall–Kier alpha value is -1.32. The fraction of sp³-hybridized carbons (Fsp3) is 0.600. The molecule has 1 fully saturated rings. The van der Waals surface area contributed by atoms with E-state index in [1.54, 1.807) is 0 Å². The summed E-state index contributed by atoms with van der Waals surface area (Å²) in [5, 5.41) is 3.91. The van der Waals surface area contributed by atoms with E-state index in [0.29, 0.717) is 0 Å². The number of nitrogens with zero attached hydrogens (tertiary/aromatic N) is 1. The van der Waals surface area contributed by atoms with E-state index < -0.39 is 5.97 Å². The predicted molar refractivity (Wildman–Crippen MR) is 52.8 cm³/mol. The van der Waals surface area contributed by atoms with Gasteiger partial charge in [0.1, 0.15) is 6.26 Å². The lowest BCUT2D eigenvalue weighted by molar-refractivity contribution is -0.134. The normalized spacial score (nSPS) is 16.8. The van der Waals surface area contributed by atoms with E-state index in [-0.39, 0.29) is 0 Å². The summed E-state index contributed by atoms with van der Waals surface area (Å²) in [4.78, 5) is 15.5. The number of ether oxygens (including phenoxy) is 1. The van der Waals surface area contributed by atoms with Gasteiger partial charge in [0.15, 0.2) is 0 Å². The van der Waals surface area contributed by atoms with Crippen LogP contribution >= 0.6 is 0 Å². The first-order valence-electron chi connectivity index (χ1n) is 4.79. The maximum Gasteiger partial charge on any atom is 0.333 e. The summed E-state index contributed by atoms with van der Waals surface area (Å²) in [5.41, 5.74) is 1.07. The van der Waals surface area contributed by atoms with Gasteiger partial charge < -0.3 is 9.57 Å². The summed E-state index contributed by atoms with van der Waals surface area (Å²) in [6.45, 7) is 0. The van der Waals surface area contributed by atoms with Crippen LogP contribution in [0.25, 0.3) is 0 Å². The van der Waals surface area contributed by atoms with Gasteiger partial charge in [0.25, 0.3) is 0 Å². The molecule has 1 rings (SSSR count). The van der Waals surface area contributed by atoms with E-state index in [1.165, 1.54) is 38.7 Å². The minimum Gasteiger partial charge on any atom is -0.466 e. The molecule has 0 aromatic rings. The van der Waals surface area contributed by atoms with Crippen LogP contribution in [-0.4, -0.2) is 18.8 Å². The third-order valence-corrected chi connectivity index (χ3v) is 2.08. The highest BCUT2D eigenvalue weighted by Crippen LogP contribution is 2.14. The van der Waals surface area contributed by atoms with Gasteiger partial charge in [0.2, 0.25) is 0 Å². The molecule has 0 unspecified atom stereocenters. The second-order valence-electron chi connectivity index (χ2n) is 3.15. The summed E-state index contributed by atoms with van der Waals surface area (Å²) < 4.78 is 4.39. The molecule has 0 spiro atoms. The van der Waals surface area contributed by atoms with Gasteiger partial charge >= 0.3 is 5.97 Å². The Labute approximate surface area is 83.6 Å². The van der Waals surface area contributed by atoms with Crippen LogP contribution in [0.15, 0.2) is 17.5 Å². The Bertz CT molecular complexity index is 238. The van der Waals surface area contributed by atoms with Crippen LogP contribution in [0.1, 0.15) is 32.1 Å². The number of hydrogen-bond donors (Lipinski definition) is 0. The molecule has 0 bridgehead atoms. The summed E-state index contributed by atoms with van der Waals surface area (Å²) in [6.07, 6.45) is 8.10. The van der Waals surface area contributed by atoms with Crippen molar-refractivity contribution in [3.05, 3.63) is 12.3 Å². The molecule has 0 heterocycles. The zero-order valence-electron chi connectivity index (χ0n) is 8.36. The van der Waals surface area contributed by atoms with E-state index in [2.05, 4.69) is 9.89 Å². The van der Waals surface area contributed by atoms with Gasteiger partial charge in [-0.05, 0) is 25.7 Å². The predicted octanol–water partition coefficient (Wildman–Crippen LogP) is 2.01. The summed E-state index contributed by atoms with van der Waals surface area (Å²) in [5.74, 6) is -0.436. The maximum atomic E-state index is 10.6. The Morgan fingerprint density at radius 3 is 2.71 bits per heavy atom. The molecule has 0 aromatic carbocycles.